The van der Waals surface area contributed by atoms with Crippen molar-refractivity contribution in [3.8, 4) is 6.07 Å². The highest BCUT2D eigenvalue weighted by atomic mass is 32.2. The normalized spacial score (nSPS) is 14.7. The quantitative estimate of drug-likeness (QED) is 0.604. The van der Waals surface area contributed by atoms with Gasteiger partial charge in [0, 0.05) is 38.4 Å². The number of thioether (sulfide) groups is 1. The van der Waals surface area contributed by atoms with Crippen molar-refractivity contribution in [2.45, 2.75) is 11.6 Å². The number of nitrogens with zero attached hydrogens (tertiary/aromatic N) is 7. The molecular weight excluding hydrogens is 348 g/mol. The molecule has 0 saturated carbocycles. The fourth-order valence-electron chi connectivity index (χ4n) is 2.49. The summed E-state index contributed by atoms with van der Waals surface area (Å²) in [4.78, 5) is 20.5. The zero-order valence-corrected chi connectivity index (χ0v) is 14.2. The van der Waals surface area contributed by atoms with E-state index in [1.54, 1.807) is 18.5 Å². The van der Waals surface area contributed by atoms with Crippen LogP contribution in [0.2, 0.25) is 0 Å². The Morgan fingerprint density at radius 1 is 1.16 bits per heavy atom. The topological polar surface area (TPSA) is 81.8 Å². The predicted molar refractivity (Wildman–Crippen MR) is 89.9 cm³/mol. The molecule has 0 spiro atoms. The molecular formula is C15H15F2N7S. The fourth-order valence-corrected chi connectivity index (χ4v) is 2.88. The first kappa shape index (κ1) is 17.3. The van der Waals surface area contributed by atoms with Gasteiger partial charge in [0.15, 0.2) is 5.16 Å². The van der Waals surface area contributed by atoms with Gasteiger partial charge in [-0.3, -0.25) is 0 Å². The largest absolute Gasteiger partial charge is 0.353 e. The Labute approximate surface area is 147 Å². The third kappa shape index (κ3) is 3.93. The molecule has 3 rings (SSSR count). The second-order valence-electron chi connectivity index (χ2n) is 5.27. The van der Waals surface area contributed by atoms with Gasteiger partial charge in [0.2, 0.25) is 5.95 Å². The van der Waals surface area contributed by atoms with Crippen molar-refractivity contribution >= 4 is 23.5 Å². The van der Waals surface area contributed by atoms with Crippen molar-refractivity contribution < 1.29 is 8.78 Å². The lowest BCUT2D eigenvalue weighted by Gasteiger charge is -2.35. The molecule has 0 N–H and O–H groups in total. The number of rotatable bonds is 4. The first-order chi connectivity index (χ1) is 12.1. The third-order valence-corrected chi connectivity index (χ3v) is 4.31. The van der Waals surface area contributed by atoms with Crippen molar-refractivity contribution in [1.82, 2.24) is 19.9 Å². The van der Waals surface area contributed by atoms with Crippen molar-refractivity contribution in [2.24, 2.45) is 0 Å². The molecule has 10 heteroatoms. The van der Waals surface area contributed by atoms with Gasteiger partial charge in [-0.15, -0.1) is 0 Å². The molecule has 3 heterocycles. The molecule has 0 unspecified atom stereocenters. The molecule has 1 fully saturated rings. The molecule has 0 aromatic carbocycles. The predicted octanol–water partition coefficient (Wildman–Crippen LogP) is 2.12. The summed E-state index contributed by atoms with van der Waals surface area (Å²) in [6, 6.07) is 4.88. The number of hydrogen-bond acceptors (Lipinski definition) is 8. The van der Waals surface area contributed by atoms with E-state index in [1.807, 2.05) is 15.9 Å². The first-order valence-electron chi connectivity index (χ1n) is 7.55. The summed E-state index contributed by atoms with van der Waals surface area (Å²) in [6.07, 6.45) is 0.680. The van der Waals surface area contributed by atoms with E-state index < -0.39 is 6.43 Å². The summed E-state index contributed by atoms with van der Waals surface area (Å²) >= 11 is 1.24. The molecule has 1 aliphatic rings. The number of hydrogen-bond donors (Lipinski definition) is 0. The number of piperazine rings is 1. The van der Waals surface area contributed by atoms with E-state index in [1.165, 1.54) is 17.8 Å². The van der Waals surface area contributed by atoms with Gasteiger partial charge >= 0.3 is 0 Å². The third-order valence-electron chi connectivity index (χ3n) is 3.76. The molecule has 0 bridgehead atoms. The molecule has 1 saturated heterocycles. The monoisotopic (exact) mass is 363 g/mol. The Hall–Kier alpha value is -2.54. The smallest absolute Gasteiger partial charge is 0.280 e. The lowest BCUT2D eigenvalue weighted by molar-refractivity contribution is 0.145. The second kappa shape index (κ2) is 7.57. The second-order valence-corrected chi connectivity index (χ2v) is 6.04. The van der Waals surface area contributed by atoms with Gasteiger partial charge in [-0.2, -0.15) is 5.26 Å². The molecule has 0 radical (unpaired) electrons. The first-order valence-corrected chi connectivity index (χ1v) is 8.77. The fraction of sp³-hybridized carbons (Fsp3) is 0.400. The van der Waals surface area contributed by atoms with Crippen molar-refractivity contribution in [3.05, 3.63) is 29.7 Å². The van der Waals surface area contributed by atoms with Crippen molar-refractivity contribution in [3.63, 3.8) is 0 Å². The molecule has 7 nitrogen and oxygen atoms in total. The van der Waals surface area contributed by atoms with Crippen LogP contribution < -0.4 is 9.80 Å². The number of alkyl halides is 2. The van der Waals surface area contributed by atoms with E-state index in [-0.39, 0.29) is 5.69 Å². The van der Waals surface area contributed by atoms with E-state index >= 15 is 0 Å². The molecule has 2 aromatic heterocycles. The van der Waals surface area contributed by atoms with Crippen LogP contribution in [-0.2, 0) is 0 Å². The minimum absolute atomic E-state index is 0.262. The minimum atomic E-state index is -2.63. The number of halogens is 2. The molecule has 130 valence electrons. The van der Waals surface area contributed by atoms with Crippen LogP contribution in [0.5, 0.6) is 0 Å². The lowest BCUT2D eigenvalue weighted by Crippen LogP contribution is -2.47. The molecule has 2 aromatic rings. The van der Waals surface area contributed by atoms with E-state index in [4.69, 9.17) is 5.26 Å². The molecule has 1 aliphatic heterocycles. The SMILES string of the molecule is CSc1nc(C(F)F)cc(N2CCN(c3nccc(C#N)n3)CC2)n1. The van der Waals surface area contributed by atoms with Crippen LogP contribution in [-0.4, -0.2) is 52.4 Å². The minimum Gasteiger partial charge on any atom is -0.353 e. The highest BCUT2D eigenvalue weighted by Crippen LogP contribution is 2.25. The summed E-state index contributed by atoms with van der Waals surface area (Å²) in [6.45, 7) is 2.40. The Morgan fingerprint density at radius 3 is 2.52 bits per heavy atom. The zero-order valence-electron chi connectivity index (χ0n) is 13.4. The van der Waals surface area contributed by atoms with Crippen LogP contribution in [0.1, 0.15) is 17.8 Å². The van der Waals surface area contributed by atoms with Gasteiger partial charge < -0.3 is 9.80 Å². The van der Waals surface area contributed by atoms with Gasteiger partial charge in [0.25, 0.3) is 6.43 Å². The van der Waals surface area contributed by atoms with E-state index in [0.29, 0.717) is 48.8 Å². The molecule has 0 atom stereocenters. The van der Waals surface area contributed by atoms with E-state index in [9.17, 15) is 8.78 Å². The van der Waals surface area contributed by atoms with E-state index in [2.05, 4.69) is 19.9 Å². The van der Waals surface area contributed by atoms with Gasteiger partial charge in [-0.05, 0) is 12.3 Å². The Bertz CT molecular complexity index is 788. The average molecular weight is 363 g/mol. The summed E-state index contributed by atoms with van der Waals surface area (Å²) in [7, 11) is 0. The lowest BCUT2D eigenvalue weighted by atomic mass is 10.3. The van der Waals surface area contributed by atoms with Crippen LogP contribution in [0.4, 0.5) is 20.5 Å². The van der Waals surface area contributed by atoms with Crippen molar-refractivity contribution in [1.29, 1.82) is 5.26 Å². The van der Waals surface area contributed by atoms with Crippen LogP contribution in [0.15, 0.2) is 23.5 Å². The van der Waals surface area contributed by atoms with Crippen LogP contribution >= 0.6 is 11.8 Å². The van der Waals surface area contributed by atoms with E-state index in [0.717, 1.165) is 0 Å². The highest BCUT2D eigenvalue weighted by molar-refractivity contribution is 7.98. The van der Waals surface area contributed by atoms with Gasteiger partial charge in [-0.1, -0.05) is 11.8 Å². The van der Waals surface area contributed by atoms with Gasteiger partial charge in [0.05, 0.1) is 0 Å². The van der Waals surface area contributed by atoms with Gasteiger partial charge in [-0.25, -0.2) is 28.7 Å². The Kier molecular flexibility index (Phi) is 5.23. The number of anilines is 2. The average Bonchev–Trinajstić information content (AvgIpc) is 2.67. The Morgan fingerprint density at radius 2 is 1.88 bits per heavy atom. The summed E-state index contributed by atoms with van der Waals surface area (Å²) < 4.78 is 26.0. The van der Waals surface area contributed by atoms with Crippen molar-refractivity contribution in [2.75, 3.05) is 42.2 Å². The maximum atomic E-state index is 13.0. The summed E-state index contributed by atoms with van der Waals surface area (Å²) in [5.74, 6) is 1.00. The zero-order chi connectivity index (χ0) is 17.8. The maximum Gasteiger partial charge on any atom is 0.280 e. The highest BCUT2D eigenvalue weighted by Gasteiger charge is 2.22. The molecule has 0 amide bonds. The molecule has 25 heavy (non-hydrogen) atoms. The van der Waals surface area contributed by atoms with Crippen LogP contribution in [0.3, 0.4) is 0 Å². The maximum absolute atomic E-state index is 13.0. The number of aromatic nitrogens is 4. The number of nitriles is 1. The Balaban J connectivity index is 1.74. The van der Waals surface area contributed by atoms with Crippen LogP contribution in [0, 0.1) is 11.3 Å². The van der Waals surface area contributed by atoms with Crippen LogP contribution in [0.25, 0.3) is 0 Å². The standard InChI is InChI=1S/C15H15F2N7S/c1-25-15-21-11(13(16)17)8-12(22-15)23-4-6-24(7-5-23)14-19-3-2-10(9-18)20-14/h2-3,8,13H,4-7H2,1H3. The summed E-state index contributed by atoms with van der Waals surface area (Å²) in [5, 5.41) is 9.26. The van der Waals surface area contributed by atoms with Gasteiger partial charge in [0.1, 0.15) is 23.3 Å². The molecule has 0 aliphatic carbocycles. The summed E-state index contributed by atoms with van der Waals surface area (Å²) in [5.41, 5.74) is 0.0521.